The van der Waals surface area contributed by atoms with Crippen LogP contribution in [0.5, 0.6) is 0 Å². The van der Waals surface area contributed by atoms with Gasteiger partial charge in [0.25, 0.3) is 5.91 Å². The Morgan fingerprint density at radius 1 is 1.37 bits per heavy atom. The van der Waals surface area contributed by atoms with Gasteiger partial charge in [0.15, 0.2) is 5.43 Å². The number of benzene rings is 1. The highest BCUT2D eigenvalue weighted by atomic mass is 35.5. The lowest BCUT2D eigenvalue weighted by molar-refractivity contribution is 0.0921. The van der Waals surface area contributed by atoms with E-state index in [1.807, 2.05) is 35.1 Å². The lowest BCUT2D eigenvalue weighted by Crippen LogP contribution is -2.36. The van der Waals surface area contributed by atoms with Crippen molar-refractivity contribution < 1.29 is 9.90 Å². The van der Waals surface area contributed by atoms with Gasteiger partial charge in [0.2, 0.25) is 0 Å². The Balaban J connectivity index is 1.94. The van der Waals surface area contributed by atoms with Crippen LogP contribution in [0, 0.1) is 6.92 Å². The van der Waals surface area contributed by atoms with E-state index in [4.69, 9.17) is 11.6 Å². The molecule has 0 saturated carbocycles. The maximum atomic E-state index is 13.0. The second-order valence-electron chi connectivity index (χ2n) is 7.35. The van der Waals surface area contributed by atoms with E-state index >= 15 is 0 Å². The molecule has 1 aliphatic heterocycles. The molecule has 8 heteroatoms. The van der Waals surface area contributed by atoms with Crippen LogP contribution in [0.4, 0.5) is 0 Å². The molecule has 156 valence electrons. The van der Waals surface area contributed by atoms with Crippen LogP contribution in [0.15, 0.2) is 50.8 Å². The highest BCUT2D eigenvalue weighted by Gasteiger charge is 2.29. The number of nitrogens with zero attached hydrogens (tertiary/aromatic N) is 1. The largest absolute Gasteiger partial charge is 0.392 e. The van der Waals surface area contributed by atoms with E-state index in [-0.39, 0.29) is 22.8 Å². The summed E-state index contributed by atoms with van der Waals surface area (Å²) in [7, 11) is 0. The summed E-state index contributed by atoms with van der Waals surface area (Å²) in [4.78, 5) is 26.9. The number of hydrogen-bond donors (Lipinski definition) is 2. The number of aryl methyl sites for hydroxylation is 1. The number of aliphatic hydroxyl groups excluding tert-OH is 1. The fourth-order valence-electron chi connectivity index (χ4n) is 3.68. The Hall–Kier alpha value is -2.06. The zero-order valence-corrected chi connectivity index (χ0v) is 18.9. The fraction of sp³-hybridized carbons (Fsp3) is 0.273. The fourth-order valence-corrected chi connectivity index (χ4v) is 6.02. The molecular weight excluding hydrogens is 440 g/mol. The topological polar surface area (TPSA) is 71.3 Å². The third-order valence-corrected chi connectivity index (χ3v) is 7.25. The van der Waals surface area contributed by atoms with Crippen molar-refractivity contribution >= 4 is 40.6 Å². The van der Waals surface area contributed by atoms with E-state index in [2.05, 4.69) is 16.8 Å². The molecule has 3 aromatic rings. The molecule has 0 spiro atoms. The molecule has 2 aromatic heterocycles. The SMILES string of the molecule is Cc1cc(=O)c(C(=O)NC[C@@H](C)O)c2n1-c1ccc(Cl)cc1S[C@H](c1ccsc1)C2. The summed E-state index contributed by atoms with van der Waals surface area (Å²) in [6.45, 7) is 3.54. The lowest BCUT2D eigenvalue weighted by Gasteiger charge is -2.20. The summed E-state index contributed by atoms with van der Waals surface area (Å²) in [5.41, 5.74) is 3.30. The molecule has 0 radical (unpaired) electrons. The van der Waals surface area contributed by atoms with Crippen LogP contribution in [-0.4, -0.2) is 28.2 Å². The number of pyridine rings is 1. The van der Waals surface area contributed by atoms with Gasteiger partial charge in [-0.2, -0.15) is 11.3 Å². The summed E-state index contributed by atoms with van der Waals surface area (Å²) in [6.07, 6.45) is -0.181. The third kappa shape index (κ3) is 4.07. The van der Waals surface area contributed by atoms with Crippen molar-refractivity contribution in [3.05, 3.63) is 78.9 Å². The molecule has 2 N–H and O–H groups in total. The Labute approximate surface area is 187 Å². The number of amides is 1. The summed E-state index contributed by atoms with van der Waals surface area (Å²) in [6, 6.07) is 9.25. The Morgan fingerprint density at radius 3 is 2.87 bits per heavy atom. The molecule has 0 bridgehead atoms. The summed E-state index contributed by atoms with van der Waals surface area (Å²) in [5, 5.41) is 17.0. The minimum absolute atomic E-state index is 0.0340. The molecule has 1 aliphatic rings. The van der Waals surface area contributed by atoms with Gasteiger partial charge in [-0.05, 0) is 54.4 Å². The minimum Gasteiger partial charge on any atom is -0.392 e. The highest BCUT2D eigenvalue weighted by molar-refractivity contribution is 7.99. The summed E-state index contributed by atoms with van der Waals surface area (Å²) >= 11 is 9.60. The van der Waals surface area contributed by atoms with Gasteiger partial charge in [-0.15, -0.1) is 11.8 Å². The van der Waals surface area contributed by atoms with E-state index in [9.17, 15) is 14.7 Å². The molecule has 1 aromatic carbocycles. The number of carbonyl (C=O) groups is 1. The van der Waals surface area contributed by atoms with Crippen LogP contribution >= 0.6 is 34.7 Å². The molecule has 0 unspecified atom stereocenters. The Bertz CT molecular complexity index is 1160. The molecule has 4 rings (SSSR count). The number of rotatable bonds is 4. The van der Waals surface area contributed by atoms with Crippen molar-refractivity contribution in [3.63, 3.8) is 0 Å². The predicted octanol–water partition coefficient (Wildman–Crippen LogP) is 4.36. The van der Waals surface area contributed by atoms with Crippen LogP contribution < -0.4 is 10.7 Å². The van der Waals surface area contributed by atoms with E-state index in [1.165, 1.54) is 6.07 Å². The van der Waals surface area contributed by atoms with Gasteiger partial charge in [-0.3, -0.25) is 9.59 Å². The third-order valence-electron chi connectivity index (χ3n) is 5.01. The number of aliphatic hydroxyl groups is 1. The van der Waals surface area contributed by atoms with Crippen molar-refractivity contribution in [2.45, 2.75) is 36.5 Å². The van der Waals surface area contributed by atoms with Gasteiger partial charge < -0.3 is 15.0 Å². The molecule has 0 fully saturated rings. The second kappa shape index (κ2) is 8.59. The average Bonchev–Trinajstić information content (AvgIpc) is 3.16. The molecule has 1 amide bonds. The van der Waals surface area contributed by atoms with Gasteiger partial charge in [0.05, 0.1) is 11.8 Å². The summed E-state index contributed by atoms with van der Waals surface area (Å²) < 4.78 is 1.99. The number of halogens is 1. The smallest absolute Gasteiger partial charge is 0.257 e. The maximum absolute atomic E-state index is 13.0. The Morgan fingerprint density at radius 2 is 2.17 bits per heavy atom. The number of nitrogens with one attached hydrogen (secondary N) is 1. The molecule has 30 heavy (non-hydrogen) atoms. The van der Waals surface area contributed by atoms with E-state index < -0.39 is 12.0 Å². The summed E-state index contributed by atoms with van der Waals surface area (Å²) in [5.74, 6) is -0.462. The number of aromatic nitrogens is 1. The van der Waals surface area contributed by atoms with Gasteiger partial charge in [0, 0.05) is 45.6 Å². The number of hydrogen-bond acceptors (Lipinski definition) is 5. The predicted molar refractivity (Wildman–Crippen MR) is 122 cm³/mol. The quantitative estimate of drug-likeness (QED) is 0.606. The van der Waals surface area contributed by atoms with Crippen LogP contribution in [0.1, 0.15) is 39.5 Å². The number of thiophene rings is 1. The zero-order valence-electron chi connectivity index (χ0n) is 16.5. The van der Waals surface area contributed by atoms with Gasteiger partial charge in [-0.1, -0.05) is 11.6 Å². The first kappa shape index (κ1) is 21.2. The number of thioether (sulfide) groups is 1. The molecule has 3 heterocycles. The first-order chi connectivity index (χ1) is 14.3. The van der Waals surface area contributed by atoms with Gasteiger partial charge >= 0.3 is 0 Å². The second-order valence-corrected chi connectivity index (χ2v) is 9.81. The van der Waals surface area contributed by atoms with Crippen LogP contribution in [0.25, 0.3) is 5.69 Å². The number of fused-ring (bicyclic) bond motifs is 3. The van der Waals surface area contributed by atoms with Crippen molar-refractivity contribution in [1.29, 1.82) is 0 Å². The van der Waals surface area contributed by atoms with Crippen molar-refractivity contribution in [2.24, 2.45) is 0 Å². The van der Waals surface area contributed by atoms with Gasteiger partial charge in [0.1, 0.15) is 5.56 Å². The highest BCUT2D eigenvalue weighted by Crippen LogP contribution is 2.45. The normalized spacial score (nSPS) is 16.3. The van der Waals surface area contributed by atoms with Crippen LogP contribution in [0.3, 0.4) is 0 Å². The van der Waals surface area contributed by atoms with E-state index in [0.717, 1.165) is 21.8 Å². The maximum Gasteiger partial charge on any atom is 0.257 e. The first-order valence-electron chi connectivity index (χ1n) is 9.55. The molecule has 0 saturated heterocycles. The molecular formula is C22H21ClN2O3S2. The average molecular weight is 461 g/mol. The standard InChI is InChI=1S/C22H21ClN2O3S2/c1-12-7-18(27)21(22(28)24-10-13(2)26)17-9-19(14-5-6-29-11-14)30-20-8-15(23)3-4-16(20)25(12)17/h3-8,11,13,19,26H,9-10H2,1-2H3,(H,24,28)/t13-,19+/m1/s1. The van der Waals surface area contributed by atoms with Crippen molar-refractivity contribution in [3.8, 4) is 5.69 Å². The first-order valence-corrected chi connectivity index (χ1v) is 11.8. The van der Waals surface area contributed by atoms with E-state index in [0.29, 0.717) is 17.1 Å². The minimum atomic E-state index is -0.697. The monoisotopic (exact) mass is 460 g/mol. The molecule has 5 nitrogen and oxygen atoms in total. The van der Waals surface area contributed by atoms with Crippen molar-refractivity contribution in [2.75, 3.05) is 6.54 Å². The number of carbonyl (C=O) groups excluding carboxylic acids is 1. The zero-order chi connectivity index (χ0) is 21.4. The molecule has 0 aliphatic carbocycles. The van der Waals surface area contributed by atoms with Crippen LogP contribution in [-0.2, 0) is 6.42 Å². The van der Waals surface area contributed by atoms with Crippen molar-refractivity contribution in [1.82, 2.24) is 9.88 Å². The lowest BCUT2D eigenvalue weighted by atomic mass is 10.0. The van der Waals surface area contributed by atoms with E-state index in [1.54, 1.807) is 30.0 Å². The van der Waals surface area contributed by atoms with Crippen LogP contribution in [0.2, 0.25) is 5.02 Å². The van der Waals surface area contributed by atoms with Gasteiger partial charge in [-0.25, -0.2) is 0 Å². The molecule has 2 atom stereocenters. The Kier molecular flexibility index (Phi) is 6.06.